The molecule has 0 spiro atoms. The minimum Gasteiger partial charge on any atom is -0.327 e. The summed E-state index contributed by atoms with van der Waals surface area (Å²) in [5, 5.41) is 2.89. The summed E-state index contributed by atoms with van der Waals surface area (Å²) < 4.78 is 5.50. The number of aromatic nitrogens is 4. The summed E-state index contributed by atoms with van der Waals surface area (Å²) in [4.78, 5) is 31.5. The lowest BCUT2D eigenvalue weighted by molar-refractivity contribution is 0.102. The number of fused-ring (bicyclic) bond motifs is 1. The van der Waals surface area contributed by atoms with Crippen molar-refractivity contribution in [1.82, 2.24) is 18.9 Å². The van der Waals surface area contributed by atoms with Crippen molar-refractivity contribution in [2.45, 2.75) is 39.2 Å². The van der Waals surface area contributed by atoms with E-state index in [1.54, 1.807) is 9.36 Å². The molecule has 1 aliphatic heterocycles. The molecule has 0 saturated carbocycles. The van der Waals surface area contributed by atoms with E-state index < -0.39 is 0 Å². The summed E-state index contributed by atoms with van der Waals surface area (Å²) in [5.41, 5.74) is 3.79. The van der Waals surface area contributed by atoms with E-state index in [1.807, 2.05) is 74.6 Å². The molecule has 0 radical (unpaired) electrons. The minimum atomic E-state index is -0.339. The van der Waals surface area contributed by atoms with Crippen molar-refractivity contribution >= 4 is 11.6 Å². The van der Waals surface area contributed by atoms with Crippen LogP contribution >= 0.6 is 0 Å². The SMILES string of the molecule is Cc1c(NC(=O)c2nc(-c3ccccc3)n3c2CCCCC3)c(=O)n(-c2ccccc2)n1C. The number of rotatable bonds is 4. The highest BCUT2D eigenvalue weighted by molar-refractivity contribution is 6.04. The maximum absolute atomic E-state index is 13.5. The third kappa shape index (κ3) is 3.69. The third-order valence-corrected chi connectivity index (χ3v) is 6.41. The van der Waals surface area contributed by atoms with Gasteiger partial charge in [-0.2, -0.15) is 0 Å². The van der Waals surface area contributed by atoms with Gasteiger partial charge in [0.05, 0.1) is 17.1 Å². The monoisotopic (exact) mass is 441 g/mol. The largest absolute Gasteiger partial charge is 0.327 e. The molecule has 3 heterocycles. The standard InChI is InChI=1S/C26H27N5O2/c1-18-22(26(33)31(29(18)2)20-14-8-4-9-15-20)28-25(32)23-21-16-10-5-11-17-30(21)24(27-23)19-12-6-3-7-13-19/h3-4,6-9,12-15H,5,10-11,16-17H2,1-2H3,(H,28,32). The van der Waals surface area contributed by atoms with E-state index in [-0.39, 0.29) is 17.2 Å². The maximum atomic E-state index is 13.5. The van der Waals surface area contributed by atoms with Gasteiger partial charge in [0.15, 0.2) is 0 Å². The molecule has 7 heteroatoms. The zero-order valence-corrected chi connectivity index (χ0v) is 18.9. The van der Waals surface area contributed by atoms with Gasteiger partial charge in [-0.15, -0.1) is 0 Å². The number of nitrogens with one attached hydrogen (secondary N) is 1. The van der Waals surface area contributed by atoms with E-state index in [4.69, 9.17) is 4.98 Å². The van der Waals surface area contributed by atoms with Crippen LogP contribution in [0.25, 0.3) is 17.1 Å². The molecule has 1 amide bonds. The zero-order valence-electron chi connectivity index (χ0n) is 18.9. The Morgan fingerprint density at radius 1 is 0.970 bits per heavy atom. The number of carbonyl (C=O) groups excluding carboxylic acids is 1. The van der Waals surface area contributed by atoms with Crippen molar-refractivity contribution in [1.29, 1.82) is 0 Å². The van der Waals surface area contributed by atoms with Crippen LogP contribution in [0.3, 0.4) is 0 Å². The van der Waals surface area contributed by atoms with Crippen molar-refractivity contribution in [3.63, 3.8) is 0 Å². The number of benzene rings is 2. The average Bonchev–Trinajstić information content (AvgIpc) is 3.16. The van der Waals surface area contributed by atoms with Crippen LogP contribution in [-0.4, -0.2) is 24.8 Å². The molecule has 5 rings (SSSR count). The van der Waals surface area contributed by atoms with Gasteiger partial charge in [-0.05, 0) is 38.3 Å². The van der Waals surface area contributed by atoms with E-state index in [0.29, 0.717) is 11.4 Å². The van der Waals surface area contributed by atoms with Crippen LogP contribution in [0, 0.1) is 6.92 Å². The summed E-state index contributed by atoms with van der Waals surface area (Å²) in [6.45, 7) is 2.67. The topological polar surface area (TPSA) is 73.8 Å². The first-order valence-corrected chi connectivity index (χ1v) is 11.4. The summed E-state index contributed by atoms with van der Waals surface area (Å²) in [7, 11) is 1.82. The number of para-hydroxylation sites is 1. The molecule has 0 aliphatic carbocycles. The molecule has 0 fully saturated rings. The van der Waals surface area contributed by atoms with Gasteiger partial charge in [0.1, 0.15) is 17.2 Å². The van der Waals surface area contributed by atoms with Crippen LogP contribution in [0.5, 0.6) is 0 Å². The molecule has 168 valence electrons. The summed E-state index contributed by atoms with van der Waals surface area (Å²) in [6.07, 6.45) is 4.00. The fourth-order valence-corrected chi connectivity index (χ4v) is 4.59. The van der Waals surface area contributed by atoms with E-state index >= 15 is 0 Å². The second-order valence-electron chi connectivity index (χ2n) is 8.45. The summed E-state index contributed by atoms with van der Waals surface area (Å²) in [5.74, 6) is 0.470. The van der Waals surface area contributed by atoms with Crippen LogP contribution in [0.2, 0.25) is 0 Å². The van der Waals surface area contributed by atoms with Gasteiger partial charge in [0.2, 0.25) is 0 Å². The number of nitrogens with zero attached hydrogens (tertiary/aromatic N) is 4. The van der Waals surface area contributed by atoms with Crippen molar-refractivity contribution in [3.8, 4) is 17.1 Å². The van der Waals surface area contributed by atoms with Crippen molar-refractivity contribution in [2.75, 3.05) is 5.32 Å². The molecule has 33 heavy (non-hydrogen) atoms. The number of anilines is 1. The van der Waals surface area contributed by atoms with Gasteiger partial charge >= 0.3 is 0 Å². The Morgan fingerprint density at radius 2 is 1.67 bits per heavy atom. The van der Waals surface area contributed by atoms with Crippen LogP contribution in [0.4, 0.5) is 5.69 Å². The van der Waals surface area contributed by atoms with Crippen molar-refractivity contribution in [3.05, 3.63) is 88.1 Å². The smallest absolute Gasteiger partial charge is 0.295 e. The van der Waals surface area contributed by atoms with Gasteiger partial charge in [-0.1, -0.05) is 55.0 Å². The molecular formula is C26H27N5O2. The lowest BCUT2D eigenvalue weighted by Gasteiger charge is -2.09. The van der Waals surface area contributed by atoms with Crippen molar-refractivity contribution in [2.24, 2.45) is 7.05 Å². The molecule has 0 unspecified atom stereocenters. The molecule has 0 bridgehead atoms. The Balaban J connectivity index is 1.56. The number of hydrogen-bond donors (Lipinski definition) is 1. The van der Waals surface area contributed by atoms with E-state index in [0.717, 1.165) is 55.0 Å². The lowest BCUT2D eigenvalue weighted by Crippen LogP contribution is -2.23. The predicted octanol–water partition coefficient (Wildman–Crippen LogP) is 4.33. The summed E-state index contributed by atoms with van der Waals surface area (Å²) in [6, 6.07) is 19.4. The van der Waals surface area contributed by atoms with Crippen LogP contribution in [-0.2, 0) is 20.0 Å². The van der Waals surface area contributed by atoms with Gasteiger partial charge in [0, 0.05) is 19.2 Å². The number of hydrogen-bond acceptors (Lipinski definition) is 3. The second kappa shape index (κ2) is 8.58. The minimum absolute atomic E-state index is 0.261. The molecule has 0 saturated heterocycles. The Morgan fingerprint density at radius 3 is 2.39 bits per heavy atom. The Kier molecular flexibility index (Phi) is 5.46. The number of carbonyl (C=O) groups is 1. The average molecular weight is 442 g/mol. The van der Waals surface area contributed by atoms with E-state index in [2.05, 4.69) is 9.88 Å². The zero-order chi connectivity index (χ0) is 22.9. The Bertz CT molecular complexity index is 1360. The van der Waals surface area contributed by atoms with Gasteiger partial charge in [0.25, 0.3) is 11.5 Å². The van der Waals surface area contributed by atoms with Gasteiger partial charge in [-0.3, -0.25) is 14.3 Å². The fraction of sp³-hybridized carbons (Fsp3) is 0.269. The highest BCUT2D eigenvalue weighted by atomic mass is 16.2. The molecule has 2 aromatic heterocycles. The first-order chi connectivity index (χ1) is 16.1. The molecule has 0 atom stereocenters. The van der Waals surface area contributed by atoms with Crippen LogP contribution in [0.1, 0.15) is 41.1 Å². The first kappa shape index (κ1) is 21.0. The summed E-state index contributed by atoms with van der Waals surface area (Å²) >= 11 is 0. The number of amides is 1. The maximum Gasteiger partial charge on any atom is 0.295 e. The molecule has 7 nitrogen and oxygen atoms in total. The Labute approximate surface area is 192 Å². The fourth-order valence-electron chi connectivity index (χ4n) is 4.59. The highest BCUT2D eigenvalue weighted by Gasteiger charge is 2.26. The third-order valence-electron chi connectivity index (χ3n) is 6.41. The molecular weight excluding hydrogens is 414 g/mol. The normalized spacial score (nSPS) is 13.4. The Hall–Kier alpha value is -3.87. The van der Waals surface area contributed by atoms with Gasteiger partial charge in [-0.25, -0.2) is 9.67 Å². The van der Waals surface area contributed by atoms with Crippen molar-refractivity contribution < 1.29 is 4.79 Å². The van der Waals surface area contributed by atoms with Gasteiger partial charge < -0.3 is 9.88 Å². The van der Waals surface area contributed by atoms with Crippen LogP contribution < -0.4 is 10.9 Å². The lowest BCUT2D eigenvalue weighted by atomic mass is 10.1. The molecule has 2 aromatic carbocycles. The molecule has 1 aliphatic rings. The quantitative estimate of drug-likeness (QED) is 0.512. The van der Waals surface area contributed by atoms with E-state index in [1.165, 1.54) is 0 Å². The van der Waals surface area contributed by atoms with Crippen LogP contribution in [0.15, 0.2) is 65.5 Å². The predicted molar refractivity (Wildman–Crippen MR) is 129 cm³/mol. The highest BCUT2D eigenvalue weighted by Crippen LogP contribution is 2.28. The molecule has 1 N–H and O–H groups in total. The second-order valence-corrected chi connectivity index (χ2v) is 8.45. The molecule has 4 aromatic rings. The first-order valence-electron chi connectivity index (χ1n) is 11.4. The van der Waals surface area contributed by atoms with E-state index in [9.17, 15) is 9.59 Å². The number of imidazole rings is 1.